The van der Waals surface area contributed by atoms with Crippen LogP contribution >= 0.6 is 0 Å². The third-order valence-corrected chi connectivity index (χ3v) is 4.46. The summed E-state index contributed by atoms with van der Waals surface area (Å²) in [4.78, 5) is 25.2. The highest BCUT2D eigenvalue weighted by Gasteiger charge is 2.31. The maximum absolute atomic E-state index is 12.5. The van der Waals surface area contributed by atoms with Crippen molar-refractivity contribution in [2.75, 3.05) is 13.1 Å². The van der Waals surface area contributed by atoms with Crippen LogP contribution in [0.3, 0.4) is 0 Å². The van der Waals surface area contributed by atoms with Crippen LogP contribution in [-0.2, 0) is 15.0 Å². The van der Waals surface area contributed by atoms with Gasteiger partial charge in [-0.1, -0.05) is 32.9 Å². The average molecular weight is 333 g/mol. The first-order chi connectivity index (χ1) is 11.2. The molecule has 132 valence electrons. The lowest BCUT2D eigenvalue weighted by Gasteiger charge is -2.32. The first-order valence-electron chi connectivity index (χ1n) is 8.47. The van der Waals surface area contributed by atoms with E-state index in [0.29, 0.717) is 18.7 Å². The van der Waals surface area contributed by atoms with Crippen LogP contribution in [0.2, 0.25) is 0 Å². The summed E-state index contributed by atoms with van der Waals surface area (Å²) in [5.74, 6) is -0.809. The zero-order chi connectivity index (χ0) is 17.9. The molecule has 5 nitrogen and oxygen atoms in total. The number of benzene rings is 1. The van der Waals surface area contributed by atoms with Crippen LogP contribution in [0.4, 0.5) is 0 Å². The number of rotatable bonds is 4. The minimum atomic E-state index is -0.834. The molecule has 1 heterocycles. The van der Waals surface area contributed by atoms with E-state index in [1.807, 2.05) is 24.3 Å². The number of hydrogen-bond acceptors (Lipinski definition) is 3. The largest absolute Gasteiger partial charge is 0.481 e. The molecule has 2 rings (SSSR count). The topological polar surface area (TPSA) is 66.8 Å². The molecule has 1 N–H and O–H groups in total. The second kappa shape index (κ2) is 7.24. The van der Waals surface area contributed by atoms with Crippen molar-refractivity contribution in [3.63, 3.8) is 0 Å². The van der Waals surface area contributed by atoms with Gasteiger partial charge in [-0.15, -0.1) is 0 Å². The number of amides is 1. The fourth-order valence-corrected chi connectivity index (χ4v) is 2.92. The van der Waals surface area contributed by atoms with Gasteiger partial charge < -0.3 is 14.7 Å². The number of piperidine rings is 1. The van der Waals surface area contributed by atoms with Gasteiger partial charge in [-0.2, -0.15) is 0 Å². The molecule has 2 atom stereocenters. The number of carboxylic acids is 1. The molecule has 0 saturated carbocycles. The first kappa shape index (κ1) is 18.3. The van der Waals surface area contributed by atoms with Crippen molar-refractivity contribution in [2.24, 2.45) is 5.92 Å². The standard InChI is InChI=1S/C19H27NO4/c1-13(17(21)20-11-5-6-14(12-20)18(22)23)24-16-9-7-15(8-10-16)19(2,3)4/h7-10,13-14H,5-6,11-12H2,1-4H3,(H,22,23). The number of aliphatic carboxylic acids is 1. The van der Waals surface area contributed by atoms with Crippen LogP contribution in [0.1, 0.15) is 46.1 Å². The second-order valence-electron chi connectivity index (χ2n) is 7.50. The summed E-state index contributed by atoms with van der Waals surface area (Å²) in [6, 6.07) is 7.77. The molecule has 1 aromatic carbocycles. The van der Waals surface area contributed by atoms with Gasteiger partial charge in [0, 0.05) is 13.1 Å². The highest BCUT2D eigenvalue weighted by Crippen LogP contribution is 2.25. The van der Waals surface area contributed by atoms with E-state index in [9.17, 15) is 9.59 Å². The predicted molar refractivity (Wildman–Crippen MR) is 92.2 cm³/mol. The van der Waals surface area contributed by atoms with E-state index >= 15 is 0 Å². The molecular weight excluding hydrogens is 306 g/mol. The molecule has 1 aromatic rings. The highest BCUT2D eigenvalue weighted by atomic mass is 16.5. The summed E-state index contributed by atoms with van der Waals surface area (Å²) in [5.41, 5.74) is 1.27. The molecule has 1 aliphatic rings. The van der Waals surface area contributed by atoms with Gasteiger partial charge in [-0.3, -0.25) is 9.59 Å². The molecule has 0 spiro atoms. The zero-order valence-corrected chi connectivity index (χ0v) is 14.9. The summed E-state index contributed by atoms with van der Waals surface area (Å²) >= 11 is 0. The van der Waals surface area contributed by atoms with Gasteiger partial charge in [-0.05, 0) is 42.9 Å². The van der Waals surface area contributed by atoms with Crippen LogP contribution in [-0.4, -0.2) is 41.1 Å². The van der Waals surface area contributed by atoms with Crippen LogP contribution < -0.4 is 4.74 Å². The Kier molecular flexibility index (Phi) is 5.52. The number of carbonyl (C=O) groups is 2. The molecule has 2 unspecified atom stereocenters. The zero-order valence-electron chi connectivity index (χ0n) is 14.9. The van der Waals surface area contributed by atoms with Crippen molar-refractivity contribution < 1.29 is 19.4 Å². The third kappa shape index (κ3) is 4.49. The molecular formula is C19H27NO4. The number of likely N-dealkylation sites (tertiary alicyclic amines) is 1. The lowest BCUT2D eigenvalue weighted by Crippen LogP contribution is -2.47. The summed E-state index contributed by atoms with van der Waals surface area (Å²) in [6.45, 7) is 9.01. The molecule has 1 amide bonds. The van der Waals surface area contributed by atoms with Crippen molar-refractivity contribution in [3.8, 4) is 5.75 Å². The Labute approximate surface area is 143 Å². The van der Waals surface area contributed by atoms with Gasteiger partial charge in [0.2, 0.25) is 0 Å². The Hall–Kier alpha value is -2.04. The van der Waals surface area contributed by atoms with Gasteiger partial charge in [-0.25, -0.2) is 0 Å². The molecule has 1 fully saturated rings. The van der Waals surface area contributed by atoms with E-state index in [0.717, 1.165) is 6.42 Å². The van der Waals surface area contributed by atoms with Crippen LogP contribution in [0.5, 0.6) is 5.75 Å². The molecule has 0 bridgehead atoms. The smallest absolute Gasteiger partial charge is 0.308 e. The molecule has 1 aliphatic heterocycles. The molecule has 5 heteroatoms. The van der Waals surface area contributed by atoms with E-state index in [4.69, 9.17) is 9.84 Å². The quantitative estimate of drug-likeness (QED) is 0.919. The van der Waals surface area contributed by atoms with Gasteiger partial charge in [0.05, 0.1) is 5.92 Å². The lowest BCUT2D eigenvalue weighted by molar-refractivity contribution is -0.147. The number of ether oxygens (including phenoxy) is 1. The van der Waals surface area contributed by atoms with Gasteiger partial charge in [0.1, 0.15) is 5.75 Å². The summed E-state index contributed by atoms with van der Waals surface area (Å²) in [7, 11) is 0. The fourth-order valence-electron chi connectivity index (χ4n) is 2.92. The normalized spacial score (nSPS) is 19.7. The summed E-state index contributed by atoms with van der Waals surface area (Å²) in [6.07, 6.45) is 0.719. The Morgan fingerprint density at radius 1 is 1.25 bits per heavy atom. The van der Waals surface area contributed by atoms with Crippen molar-refractivity contribution in [1.82, 2.24) is 4.90 Å². The highest BCUT2D eigenvalue weighted by molar-refractivity contribution is 5.82. The average Bonchev–Trinajstić information content (AvgIpc) is 2.53. The molecule has 0 aromatic heterocycles. The van der Waals surface area contributed by atoms with Gasteiger partial charge in [0.25, 0.3) is 5.91 Å². The van der Waals surface area contributed by atoms with Gasteiger partial charge in [0.15, 0.2) is 6.10 Å². The van der Waals surface area contributed by atoms with Crippen LogP contribution in [0, 0.1) is 5.92 Å². The lowest BCUT2D eigenvalue weighted by atomic mass is 9.87. The van der Waals surface area contributed by atoms with E-state index in [1.54, 1.807) is 11.8 Å². The summed E-state index contributed by atoms with van der Waals surface area (Å²) < 4.78 is 5.75. The maximum atomic E-state index is 12.5. The summed E-state index contributed by atoms with van der Waals surface area (Å²) in [5, 5.41) is 9.13. The minimum absolute atomic E-state index is 0.0691. The molecule has 0 radical (unpaired) electrons. The van der Waals surface area contributed by atoms with Crippen molar-refractivity contribution in [1.29, 1.82) is 0 Å². The van der Waals surface area contributed by atoms with Crippen LogP contribution in [0.25, 0.3) is 0 Å². The van der Waals surface area contributed by atoms with E-state index in [2.05, 4.69) is 20.8 Å². The predicted octanol–water partition coefficient (Wildman–Crippen LogP) is 3.07. The molecule has 0 aliphatic carbocycles. The third-order valence-electron chi connectivity index (χ3n) is 4.46. The minimum Gasteiger partial charge on any atom is -0.481 e. The monoisotopic (exact) mass is 333 g/mol. The molecule has 24 heavy (non-hydrogen) atoms. The number of hydrogen-bond donors (Lipinski definition) is 1. The number of carbonyl (C=O) groups excluding carboxylic acids is 1. The fraction of sp³-hybridized carbons (Fsp3) is 0.579. The van der Waals surface area contributed by atoms with E-state index in [1.165, 1.54) is 5.56 Å². The van der Waals surface area contributed by atoms with Crippen molar-refractivity contribution >= 4 is 11.9 Å². The molecule has 1 saturated heterocycles. The van der Waals surface area contributed by atoms with E-state index in [-0.39, 0.29) is 17.9 Å². The number of carboxylic acid groups (broad SMARTS) is 1. The van der Waals surface area contributed by atoms with Crippen LogP contribution in [0.15, 0.2) is 24.3 Å². The van der Waals surface area contributed by atoms with Crippen molar-refractivity contribution in [2.45, 2.75) is 52.1 Å². The van der Waals surface area contributed by atoms with Crippen molar-refractivity contribution in [3.05, 3.63) is 29.8 Å². The van der Waals surface area contributed by atoms with E-state index < -0.39 is 18.0 Å². The SMILES string of the molecule is CC(Oc1ccc(C(C)(C)C)cc1)C(=O)N1CCCC(C(=O)O)C1. The number of nitrogens with zero attached hydrogens (tertiary/aromatic N) is 1. The Balaban J connectivity index is 1.97. The Morgan fingerprint density at radius 2 is 1.88 bits per heavy atom. The second-order valence-corrected chi connectivity index (χ2v) is 7.50. The van der Waals surface area contributed by atoms with Gasteiger partial charge >= 0.3 is 5.97 Å². The Morgan fingerprint density at radius 3 is 2.42 bits per heavy atom. The maximum Gasteiger partial charge on any atom is 0.308 e. The first-order valence-corrected chi connectivity index (χ1v) is 8.47. The Bertz CT molecular complexity index is 588.